The van der Waals surface area contributed by atoms with E-state index in [-0.39, 0.29) is 17.3 Å². The van der Waals surface area contributed by atoms with E-state index in [4.69, 9.17) is 16.3 Å². The summed E-state index contributed by atoms with van der Waals surface area (Å²) in [5.74, 6) is 0.125. The Morgan fingerprint density at radius 2 is 2.17 bits per heavy atom. The van der Waals surface area contributed by atoms with Crippen LogP contribution in [0.1, 0.15) is 20.8 Å². The molecule has 1 unspecified atom stereocenters. The minimum atomic E-state index is -0.727. The lowest BCUT2D eigenvalue weighted by molar-refractivity contribution is -0.127. The van der Waals surface area contributed by atoms with Crippen molar-refractivity contribution in [2.75, 3.05) is 12.5 Å². The van der Waals surface area contributed by atoms with Crippen molar-refractivity contribution in [2.24, 2.45) is 0 Å². The molecule has 1 aliphatic heterocycles. The SMILES string of the molecule is CC(C)(C)NC(=O)C1(CCl)CO1. The number of nitrogens with one attached hydrogen (secondary N) is 1. The molecule has 1 N–H and O–H groups in total. The number of ether oxygens (including phenoxy) is 1. The molecule has 1 amide bonds. The molecule has 0 aromatic rings. The first-order chi connectivity index (χ1) is 5.40. The second-order valence-corrected chi connectivity index (χ2v) is 4.39. The zero-order valence-corrected chi connectivity index (χ0v) is 8.36. The molecule has 4 heteroatoms. The van der Waals surface area contributed by atoms with Crippen LogP contribution in [0.25, 0.3) is 0 Å². The first-order valence-corrected chi connectivity index (χ1v) is 4.46. The zero-order chi connectivity index (χ0) is 9.41. The van der Waals surface area contributed by atoms with Gasteiger partial charge in [-0.05, 0) is 20.8 Å². The number of amides is 1. The van der Waals surface area contributed by atoms with E-state index < -0.39 is 5.60 Å². The van der Waals surface area contributed by atoms with Crippen molar-refractivity contribution in [3.63, 3.8) is 0 Å². The number of hydrogen-bond donors (Lipinski definition) is 1. The molecule has 12 heavy (non-hydrogen) atoms. The molecule has 0 aliphatic carbocycles. The highest BCUT2D eigenvalue weighted by Crippen LogP contribution is 2.29. The van der Waals surface area contributed by atoms with Gasteiger partial charge in [0.25, 0.3) is 5.91 Å². The highest BCUT2D eigenvalue weighted by molar-refractivity contribution is 6.21. The van der Waals surface area contributed by atoms with Gasteiger partial charge in [0.2, 0.25) is 0 Å². The summed E-state index contributed by atoms with van der Waals surface area (Å²) in [4.78, 5) is 11.5. The van der Waals surface area contributed by atoms with Gasteiger partial charge in [-0.25, -0.2) is 0 Å². The fourth-order valence-electron chi connectivity index (χ4n) is 0.811. The Kier molecular flexibility index (Phi) is 2.36. The van der Waals surface area contributed by atoms with E-state index in [9.17, 15) is 4.79 Å². The van der Waals surface area contributed by atoms with Crippen LogP contribution in [0.5, 0.6) is 0 Å². The van der Waals surface area contributed by atoms with Crippen LogP contribution in [0, 0.1) is 0 Å². The summed E-state index contributed by atoms with van der Waals surface area (Å²) >= 11 is 5.59. The molecular weight excluding hydrogens is 178 g/mol. The molecular formula is C8H14ClNO2. The minimum Gasteiger partial charge on any atom is -0.358 e. The number of alkyl halides is 1. The Morgan fingerprint density at radius 1 is 1.67 bits per heavy atom. The summed E-state index contributed by atoms with van der Waals surface area (Å²) in [6, 6.07) is 0. The fraction of sp³-hybridized carbons (Fsp3) is 0.875. The molecule has 0 bridgehead atoms. The summed E-state index contributed by atoms with van der Waals surface area (Å²) in [7, 11) is 0. The van der Waals surface area contributed by atoms with Gasteiger partial charge in [-0.15, -0.1) is 11.6 Å². The Balaban J connectivity index is 2.49. The molecule has 0 radical (unpaired) electrons. The fourth-order valence-corrected chi connectivity index (χ4v) is 1.09. The molecule has 1 atom stereocenters. The van der Waals surface area contributed by atoms with Crippen molar-refractivity contribution in [3.05, 3.63) is 0 Å². The minimum absolute atomic E-state index is 0.106. The van der Waals surface area contributed by atoms with Crippen LogP contribution in [-0.2, 0) is 9.53 Å². The van der Waals surface area contributed by atoms with Gasteiger partial charge in [0.05, 0.1) is 12.5 Å². The third kappa shape index (κ3) is 2.11. The lowest BCUT2D eigenvalue weighted by Crippen LogP contribution is -2.48. The maximum Gasteiger partial charge on any atom is 0.256 e. The van der Waals surface area contributed by atoms with Crippen LogP contribution in [0.3, 0.4) is 0 Å². The van der Waals surface area contributed by atoms with E-state index in [0.717, 1.165) is 0 Å². The Hall–Kier alpha value is -0.280. The van der Waals surface area contributed by atoms with Crippen LogP contribution in [0.15, 0.2) is 0 Å². The predicted molar refractivity (Wildman–Crippen MR) is 47.3 cm³/mol. The molecule has 0 aromatic heterocycles. The number of hydrogen-bond acceptors (Lipinski definition) is 2. The smallest absolute Gasteiger partial charge is 0.256 e. The molecule has 1 saturated heterocycles. The maximum atomic E-state index is 11.5. The number of rotatable bonds is 2. The summed E-state index contributed by atoms with van der Waals surface area (Å²) in [6.07, 6.45) is 0. The number of carbonyl (C=O) groups is 1. The molecule has 0 aromatic carbocycles. The largest absolute Gasteiger partial charge is 0.358 e. The number of halogens is 1. The van der Waals surface area contributed by atoms with E-state index in [2.05, 4.69) is 5.32 Å². The van der Waals surface area contributed by atoms with Crippen molar-refractivity contribution in [1.29, 1.82) is 0 Å². The molecule has 1 heterocycles. The molecule has 1 fully saturated rings. The standard InChI is InChI=1S/C8H14ClNO2/c1-7(2,3)10-6(11)8(4-9)5-12-8/h4-5H2,1-3H3,(H,10,11). The maximum absolute atomic E-state index is 11.5. The lowest BCUT2D eigenvalue weighted by atomic mass is 10.1. The van der Waals surface area contributed by atoms with Gasteiger partial charge < -0.3 is 10.1 Å². The van der Waals surface area contributed by atoms with Gasteiger partial charge >= 0.3 is 0 Å². The summed E-state index contributed by atoms with van der Waals surface area (Å²) in [6.45, 7) is 6.22. The normalized spacial score (nSPS) is 28.3. The van der Waals surface area contributed by atoms with Crippen molar-refractivity contribution in [1.82, 2.24) is 5.32 Å². The van der Waals surface area contributed by atoms with E-state index in [0.29, 0.717) is 6.61 Å². The first kappa shape index (κ1) is 9.81. The third-order valence-electron chi connectivity index (χ3n) is 1.61. The molecule has 0 saturated carbocycles. The zero-order valence-electron chi connectivity index (χ0n) is 7.61. The number of epoxide rings is 1. The Morgan fingerprint density at radius 3 is 2.42 bits per heavy atom. The second-order valence-electron chi connectivity index (χ2n) is 4.12. The van der Waals surface area contributed by atoms with Gasteiger partial charge in [0.15, 0.2) is 5.60 Å². The average molecular weight is 192 g/mol. The molecule has 0 spiro atoms. The summed E-state index contributed by atoms with van der Waals surface area (Å²) in [5.41, 5.74) is -0.947. The first-order valence-electron chi connectivity index (χ1n) is 3.92. The number of carbonyl (C=O) groups excluding carboxylic acids is 1. The quantitative estimate of drug-likeness (QED) is 0.521. The van der Waals surface area contributed by atoms with Crippen LogP contribution in [-0.4, -0.2) is 29.5 Å². The van der Waals surface area contributed by atoms with E-state index in [1.807, 2.05) is 20.8 Å². The predicted octanol–water partition coefficient (Wildman–Crippen LogP) is 0.909. The highest BCUT2D eigenvalue weighted by Gasteiger charge is 2.52. The molecule has 3 nitrogen and oxygen atoms in total. The summed E-state index contributed by atoms with van der Waals surface area (Å²) < 4.78 is 5.01. The van der Waals surface area contributed by atoms with Gasteiger partial charge in [0, 0.05) is 5.54 Å². The Labute approximate surface area is 77.4 Å². The van der Waals surface area contributed by atoms with Gasteiger partial charge in [0.1, 0.15) is 0 Å². The molecule has 1 rings (SSSR count). The lowest BCUT2D eigenvalue weighted by Gasteiger charge is -2.22. The van der Waals surface area contributed by atoms with Crippen molar-refractivity contribution >= 4 is 17.5 Å². The van der Waals surface area contributed by atoms with Gasteiger partial charge in [-0.3, -0.25) is 4.79 Å². The Bertz CT molecular complexity index is 194. The molecule has 70 valence electrons. The van der Waals surface area contributed by atoms with Gasteiger partial charge in [-0.2, -0.15) is 0 Å². The van der Waals surface area contributed by atoms with Crippen LogP contribution in [0.4, 0.5) is 0 Å². The third-order valence-corrected chi connectivity index (χ3v) is 2.04. The van der Waals surface area contributed by atoms with Crippen molar-refractivity contribution in [3.8, 4) is 0 Å². The van der Waals surface area contributed by atoms with E-state index in [1.54, 1.807) is 0 Å². The monoisotopic (exact) mass is 191 g/mol. The van der Waals surface area contributed by atoms with Crippen LogP contribution < -0.4 is 5.32 Å². The van der Waals surface area contributed by atoms with Gasteiger partial charge in [-0.1, -0.05) is 0 Å². The second kappa shape index (κ2) is 2.89. The van der Waals surface area contributed by atoms with Crippen molar-refractivity contribution in [2.45, 2.75) is 31.9 Å². The highest BCUT2D eigenvalue weighted by atomic mass is 35.5. The average Bonchev–Trinajstić information content (AvgIpc) is 2.62. The van der Waals surface area contributed by atoms with Crippen LogP contribution >= 0.6 is 11.6 Å². The summed E-state index contributed by atoms with van der Waals surface area (Å²) in [5, 5.41) is 2.82. The van der Waals surface area contributed by atoms with E-state index in [1.165, 1.54) is 0 Å². The topological polar surface area (TPSA) is 41.6 Å². The van der Waals surface area contributed by atoms with Crippen molar-refractivity contribution < 1.29 is 9.53 Å². The van der Waals surface area contributed by atoms with E-state index >= 15 is 0 Å². The van der Waals surface area contributed by atoms with Crippen LogP contribution in [0.2, 0.25) is 0 Å². The molecule has 1 aliphatic rings.